The topological polar surface area (TPSA) is 123 Å². The molecule has 1 aliphatic heterocycles. The number of fused-ring (bicyclic) bond motifs is 1. The Morgan fingerprint density at radius 3 is 2.38 bits per heavy atom. The van der Waals surface area contributed by atoms with Gasteiger partial charge in [0.1, 0.15) is 17.1 Å². The van der Waals surface area contributed by atoms with Crippen LogP contribution in [0.15, 0.2) is 30.3 Å². The van der Waals surface area contributed by atoms with Gasteiger partial charge in [0.05, 0.1) is 7.11 Å². The van der Waals surface area contributed by atoms with Crippen molar-refractivity contribution in [3.63, 3.8) is 0 Å². The molecule has 0 spiro atoms. The molecular weight excluding hydrogens is 344 g/mol. The molecule has 8 nitrogen and oxygen atoms in total. The van der Waals surface area contributed by atoms with Crippen molar-refractivity contribution in [1.82, 2.24) is 0 Å². The molecule has 0 radical (unpaired) electrons. The van der Waals surface area contributed by atoms with Crippen molar-refractivity contribution in [2.75, 3.05) is 7.11 Å². The molecule has 2 atom stereocenters. The lowest BCUT2D eigenvalue weighted by Gasteiger charge is -2.32. The van der Waals surface area contributed by atoms with Crippen molar-refractivity contribution < 1.29 is 39.1 Å². The normalized spacial score (nSPS) is 18.6. The summed E-state index contributed by atoms with van der Waals surface area (Å²) in [6.07, 6.45) is -2.38. The molecule has 3 N–H and O–H groups in total. The van der Waals surface area contributed by atoms with E-state index in [1.807, 2.05) is 0 Å². The van der Waals surface area contributed by atoms with E-state index < -0.39 is 35.5 Å². The zero-order chi connectivity index (χ0) is 19.0. The Kier molecular flexibility index (Phi) is 4.33. The van der Waals surface area contributed by atoms with Gasteiger partial charge < -0.3 is 29.5 Å². The first-order valence-electron chi connectivity index (χ1n) is 7.63. The number of ether oxygens (including phenoxy) is 3. The van der Waals surface area contributed by atoms with E-state index in [1.165, 1.54) is 31.4 Å². The highest BCUT2D eigenvalue weighted by atomic mass is 16.6. The van der Waals surface area contributed by atoms with Gasteiger partial charge in [-0.2, -0.15) is 0 Å². The summed E-state index contributed by atoms with van der Waals surface area (Å²) in [7, 11) is 1.22. The highest BCUT2D eigenvalue weighted by Crippen LogP contribution is 2.48. The number of ketones is 1. The van der Waals surface area contributed by atoms with Crippen LogP contribution in [0.25, 0.3) is 0 Å². The average Bonchev–Trinajstić information content (AvgIpc) is 2.57. The molecule has 0 bridgehead atoms. The Morgan fingerprint density at radius 2 is 1.81 bits per heavy atom. The molecule has 0 fully saturated rings. The smallest absolute Gasteiger partial charge is 0.303 e. The molecule has 2 aromatic rings. The van der Waals surface area contributed by atoms with E-state index in [2.05, 4.69) is 0 Å². The maximum atomic E-state index is 12.9. The summed E-state index contributed by atoms with van der Waals surface area (Å²) >= 11 is 0. The number of rotatable bonds is 3. The van der Waals surface area contributed by atoms with Crippen LogP contribution in [-0.4, -0.2) is 40.3 Å². The van der Waals surface area contributed by atoms with Crippen LogP contribution in [0.1, 0.15) is 28.9 Å². The third-order valence-corrected chi connectivity index (χ3v) is 3.95. The third-order valence-electron chi connectivity index (χ3n) is 3.95. The summed E-state index contributed by atoms with van der Waals surface area (Å²) in [4.78, 5) is 24.4. The van der Waals surface area contributed by atoms with Crippen LogP contribution < -0.4 is 9.47 Å². The zero-order valence-electron chi connectivity index (χ0n) is 13.9. The Morgan fingerprint density at radius 1 is 1.15 bits per heavy atom. The lowest BCUT2D eigenvalue weighted by molar-refractivity contribution is -0.148. The second kappa shape index (κ2) is 6.47. The third kappa shape index (κ3) is 2.85. The number of phenolic OH excluding ortho intramolecular Hbond substituents is 3. The van der Waals surface area contributed by atoms with Crippen LogP contribution in [0.4, 0.5) is 0 Å². The van der Waals surface area contributed by atoms with Gasteiger partial charge in [-0.05, 0) is 17.7 Å². The molecular formula is C18H16O8. The van der Waals surface area contributed by atoms with Crippen molar-refractivity contribution in [2.24, 2.45) is 0 Å². The number of carbonyl (C=O) groups excluding carboxylic acids is 2. The number of hydrogen-bond donors (Lipinski definition) is 3. The summed E-state index contributed by atoms with van der Waals surface area (Å²) in [5.74, 6) is -2.77. The van der Waals surface area contributed by atoms with Crippen LogP contribution in [-0.2, 0) is 9.53 Å². The Labute approximate surface area is 148 Å². The fraction of sp³-hybridized carbons (Fsp3) is 0.222. The van der Waals surface area contributed by atoms with Crippen molar-refractivity contribution >= 4 is 11.8 Å². The van der Waals surface area contributed by atoms with Gasteiger partial charge in [0.15, 0.2) is 17.6 Å². The number of phenols is 3. The standard InChI is InChI=1S/C18H16O8/c1-8(19)25-18-15(23)13-12(7-11(21)17(24-2)14(13)22)26-16(18)9-3-5-10(20)6-4-9/h3-7,16,18,20-22H,1-2H3/t16-,18+/m1/s1. The summed E-state index contributed by atoms with van der Waals surface area (Å²) in [6.45, 7) is 1.15. The van der Waals surface area contributed by atoms with Gasteiger partial charge >= 0.3 is 5.97 Å². The molecule has 0 saturated heterocycles. The minimum atomic E-state index is -1.36. The molecule has 136 valence electrons. The zero-order valence-corrected chi connectivity index (χ0v) is 13.9. The maximum Gasteiger partial charge on any atom is 0.303 e. The maximum absolute atomic E-state index is 12.9. The van der Waals surface area contributed by atoms with Crippen LogP contribution in [0.5, 0.6) is 28.7 Å². The minimum absolute atomic E-state index is 0.0142. The Hall–Kier alpha value is -3.42. The summed E-state index contributed by atoms with van der Waals surface area (Å²) in [5, 5.41) is 29.6. The first-order chi connectivity index (χ1) is 12.3. The molecule has 0 amide bonds. The molecule has 8 heteroatoms. The number of esters is 1. The highest BCUT2D eigenvalue weighted by molar-refractivity contribution is 6.07. The largest absolute Gasteiger partial charge is 0.508 e. The van der Waals surface area contributed by atoms with E-state index in [1.54, 1.807) is 0 Å². The molecule has 0 unspecified atom stereocenters. The monoisotopic (exact) mass is 360 g/mol. The van der Waals surface area contributed by atoms with Gasteiger partial charge in [0.25, 0.3) is 0 Å². The second-order valence-electron chi connectivity index (χ2n) is 5.67. The number of benzene rings is 2. The summed E-state index contributed by atoms with van der Waals surface area (Å²) in [5.41, 5.74) is 0.212. The van der Waals surface area contributed by atoms with Gasteiger partial charge in [-0.1, -0.05) is 12.1 Å². The lowest BCUT2D eigenvalue weighted by Crippen LogP contribution is -2.39. The van der Waals surface area contributed by atoms with Gasteiger partial charge in [-0.15, -0.1) is 0 Å². The van der Waals surface area contributed by atoms with Crippen LogP contribution >= 0.6 is 0 Å². The average molecular weight is 360 g/mol. The molecule has 0 aliphatic carbocycles. The van der Waals surface area contributed by atoms with Crippen molar-refractivity contribution in [2.45, 2.75) is 19.1 Å². The highest BCUT2D eigenvalue weighted by Gasteiger charge is 2.43. The van der Waals surface area contributed by atoms with Crippen LogP contribution in [0, 0.1) is 0 Å². The SMILES string of the molecule is COc1c(O)cc2c(c1O)C(=O)[C@H](OC(C)=O)[C@@H](c1ccc(O)cc1)O2. The number of carbonyl (C=O) groups is 2. The first-order valence-corrected chi connectivity index (χ1v) is 7.63. The number of Topliss-reactive ketones (excluding diaryl/α,β-unsaturated/α-hetero) is 1. The van der Waals surface area contributed by atoms with E-state index >= 15 is 0 Å². The van der Waals surface area contributed by atoms with Crippen molar-refractivity contribution in [3.05, 3.63) is 41.5 Å². The van der Waals surface area contributed by atoms with E-state index in [4.69, 9.17) is 14.2 Å². The van der Waals surface area contributed by atoms with Crippen molar-refractivity contribution in [3.8, 4) is 28.7 Å². The number of methoxy groups -OCH3 is 1. The van der Waals surface area contributed by atoms with Gasteiger partial charge in [-0.25, -0.2) is 0 Å². The van der Waals surface area contributed by atoms with Crippen LogP contribution in [0.2, 0.25) is 0 Å². The van der Waals surface area contributed by atoms with E-state index in [0.717, 1.165) is 13.0 Å². The fourth-order valence-electron chi connectivity index (χ4n) is 2.83. The van der Waals surface area contributed by atoms with E-state index in [9.17, 15) is 24.9 Å². The molecule has 3 rings (SSSR count). The lowest BCUT2D eigenvalue weighted by atomic mass is 9.92. The quantitative estimate of drug-likeness (QED) is 0.711. The predicted molar refractivity (Wildman–Crippen MR) is 87.7 cm³/mol. The molecule has 0 aromatic heterocycles. The fourth-order valence-corrected chi connectivity index (χ4v) is 2.83. The molecule has 1 aliphatic rings. The van der Waals surface area contributed by atoms with E-state index in [-0.39, 0.29) is 22.8 Å². The molecule has 26 heavy (non-hydrogen) atoms. The minimum Gasteiger partial charge on any atom is -0.508 e. The molecule has 2 aromatic carbocycles. The predicted octanol–water partition coefficient (Wildman–Crippen LogP) is 2.06. The molecule has 0 saturated carbocycles. The van der Waals surface area contributed by atoms with Crippen LogP contribution in [0.3, 0.4) is 0 Å². The number of hydrogen-bond acceptors (Lipinski definition) is 8. The van der Waals surface area contributed by atoms with Gasteiger partial charge in [-0.3, -0.25) is 9.59 Å². The summed E-state index contributed by atoms with van der Waals surface area (Å²) in [6, 6.07) is 6.96. The summed E-state index contributed by atoms with van der Waals surface area (Å²) < 4.78 is 15.8. The number of aromatic hydroxyl groups is 3. The first kappa shape index (κ1) is 17.4. The van der Waals surface area contributed by atoms with Gasteiger partial charge in [0.2, 0.25) is 17.6 Å². The second-order valence-corrected chi connectivity index (χ2v) is 5.67. The molecule has 1 heterocycles. The van der Waals surface area contributed by atoms with Gasteiger partial charge in [0, 0.05) is 13.0 Å². The van der Waals surface area contributed by atoms with Crippen molar-refractivity contribution in [1.29, 1.82) is 0 Å². The Balaban J connectivity index is 2.14. The van der Waals surface area contributed by atoms with E-state index in [0.29, 0.717) is 5.56 Å². The Bertz CT molecular complexity index is 872.